The van der Waals surface area contributed by atoms with Gasteiger partial charge in [-0.2, -0.15) is 0 Å². The Morgan fingerprint density at radius 2 is 1.62 bits per heavy atom. The van der Waals surface area contributed by atoms with Crippen molar-refractivity contribution >= 4 is 35.0 Å². The van der Waals surface area contributed by atoms with Gasteiger partial charge in [-0.15, -0.1) is 0 Å². The largest absolute Gasteiger partial charge is 0.353 e. The Labute approximate surface area is 165 Å². The molecule has 0 radical (unpaired) electrons. The normalized spacial score (nSPS) is 19.4. The van der Waals surface area contributed by atoms with Crippen LogP contribution >= 0.6 is 23.2 Å². The van der Waals surface area contributed by atoms with Gasteiger partial charge in [-0.3, -0.25) is 9.59 Å². The van der Waals surface area contributed by atoms with Gasteiger partial charge in [-0.05, 0) is 43.4 Å². The first kappa shape index (κ1) is 19.5. The van der Waals surface area contributed by atoms with Crippen LogP contribution in [0.5, 0.6) is 0 Å². The molecule has 1 aliphatic heterocycles. The van der Waals surface area contributed by atoms with Gasteiger partial charge in [0, 0.05) is 35.1 Å². The fraction of sp³-hybridized carbons (Fsp3) is 0.600. The van der Waals surface area contributed by atoms with E-state index >= 15 is 0 Å². The Hall–Kier alpha value is -1.26. The topological polar surface area (TPSA) is 49.4 Å². The zero-order chi connectivity index (χ0) is 18.5. The number of nitrogens with one attached hydrogen (secondary N) is 1. The second-order valence-corrected chi connectivity index (χ2v) is 8.19. The van der Waals surface area contributed by atoms with Gasteiger partial charge in [0.2, 0.25) is 11.8 Å². The Morgan fingerprint density at radius 1 is 1.00 bits per heavy atom. The van der Waals surface area contributed by atoms with E-state index in [4.69, 9.17) is 23.2 Å². The molecule has 2 amide bonds. The Morgan fingerprint density at radius 3 is 2.23 bits per heavy atom. The zero-order valence-electron chi connectivity index (χ0n) is 15.0. The third-order valence-corrected chi connectivity index (χ3v) is 6.27. The van der Waals surface area contributed by atoms with Gasteiger partial charge in [-0.25, -0.2) is 0 Å². The Bertz CT molecular complexity index is 631. The smallest absolute Gasteiger partial charge is 0.227 e. The third-order valence-electron chi connectivity index (χ3n) is 5.56. The molecular weight excluding hydrogens is 371 g/mol. The first-order valence-corrected chi connectivity index (χ1v) is 10.3. The average Bonchev–Trinajstić information content (AvgIpc) is 2.66. The number of carbonyl (C=O) groups excluding carboxylic acids is 2. The maximum absolute atomic E-state index is 12.6. The van der Waals surface area contributed by atoms with Gasteiger partial charge in [0.15, 0.2) is 0 Å². The predicted molar refractivity (Wildman–Crippen MR) is 104 cm³/mol. The van der Waals surface area contributed by atoms with Gasteiger partial charge in [-0.1, -0.05) is 48.5 Å². The highest BCUT2D eigenvalue weighted by atomic mass is 35.5. The van der Waals surface area contributed by atoms with Crippen LogP contribution in [0.4, 0.5) is 0 Å². The van der Waals surface area contributed by atoms with Crippen LogP contribution in [0.2, 0.25) is 10.0 Å². The van der Waals surface area contributed by atoms with E-state index in [-0.39, 0.29) is 30.2 Å². The molecule has 142 valence electrons. The summed E-state index contributed by atoms with van der Waals surface area (Å²) < 4.78 is 0. The molecule has 0 atom stereocenters. The highest BCUT2D eigenvalue weighted by Gasteiger charge is 2.27. The van der Waals surface area contributed by atoms with Crippen LogP contribution in [-0.2, 0) is 16.0 Å². The zero-order valence-corrected chi connectivity index (χ0v) is 16.5. The highest BCUT2D eigenvalue weighted by Crippen LogP contribution is 2.26. The van der Waals surface area contributed by atoms with Crippen molar-refractivity contribution in [2.75, 3.05) is 13.1 Å². The van der Waals surface area contributed by atoms with Crippen molar-refractivity contribution < 1.29 is 9.59 Å². The Kier molecular flexibility index (Phi) is 6.82. The maximum atomic E-state index is 12.6. The summed E-state index contributed by atoms with van der Waals surface area (Å²) in [5.74, 6) is 0.431. The van der Waals surface area contributed by atoms with E-state index in [9.17, 15) is 9.59 Å². The maximum Gasteiger partial charge on any atom is 0.227 e. The van der Waals surface area contributed by atoms with E-state index in [0.29, 0.717) is 28.7 Å². The van der Waals surface area contributed by atoms with Crippen molar-refractivity contribution in [3.8, 4) is 0 Å². The van der Waals surface area contributed by atoms with E-state index in [0.717, 1.165) is 38.5 Å². The van der Waals surface area contributed by atoms with E-state index in [2.05, 4.69) is 5.32 Å². The summed E-state index contributed by atoms with van der Waals surface area (Å²) in [6.07, 6.45) is 7.44. The van der Waals surface area contributed by atoms with Gasteiger partial charge in [0.05, 0.1) is 6.42 Å². The number of likely N-dealkylation sites (tertiary alicyclic amines) is 1. The summed E-state index contributed by atoms with van der Waals surface area (Å²) in [5.41, 5.74) is 0.688. The summed E-state index contributed by atoms with van der Waals surface area (Å²) in [5, 5.41) is 4.25. The number of piperidine rings is 1. The van der Waals surface area contributed by atoms with Crippen LogP contribution in [-0.4, -0.2) is 35.8 Å². The van der Waals surface area contributed by atoms with Crippen LogP contribution in [0.25, 0.3) is 0 Å². The minimum atomic E-state index is 0.0389. The standard InChI is InChI=1S/C20H26Cl2N2O2/c21-17-7-4-8-18(22)16(17)13-19(25)24-11-9-15(10-12-24)23-20(26)14-5-2-1-3-6-14/h4,7-8,14-15H,1-3,5-6,9-13H2,(H,23,26). The minimum absolute atomic E-state index is 0.0389. The summed E-state index contributed by atoms with van der Waals surface area (Å²) in [7, 11) is 0. The summed E-state index contributed by atoms with van der Waals surface area (Å²) in [6, 6.07) is 5.46. The van der Waals surface area contributed by atoms with E-state index in [1.165, 1.54) is 6.42 Å². The van der Waals surface area contributed by atoms with Crippen molar-refractivity contribution in [1.82, 2.24) is 10.2 Å². The molecule has 4 nitrogen and oxygen atoms in total. The number of hydrogen-bond acceptors (Lipinski definition) is 2. The lowest BCUT2D eigenvalue weighted by Crippen LogP contribution is -2.48. The molecule has 3 rings (SSSR count). The number of amides is 2. The van der Waals surface area contributed by atoms with Crippen molar-refractivity contribution in [3.63, 3.8) is 0 Å². The van der Waals surface area contributed by atoms with Crippen LogP contribution in [0.15, 0.2) is 18.2 Å². The molecule has 1 aromatic carbocycles. The first-order chi connectivity index (χ1) is 12.5. The van der Waals surface area contributed by atoms with Crippen LogP contribution < -0.4 is 5.32 Å². The van der Waals surface area contributed by atoms with Gasteiger partial charge in [0.25, 0.3) is 0 Å². The predicted octanol–water partition coefficient (Wildman–Crippen LogP) is 4.22. The molecule has 0 unspecified atom stereocenters. The molecule has 26 heavy (non-hydrogen) atoms. The quantitative estimate of drug-likeness (QED) is 0.827. The van der Waals surface area contributed by atoms with Crippen LogP contribution in [0, 0.1) is 5.92 Å². The SMILES string of the molecule is O=C(NC1CCN(C(=O)Cc2c(Cl)cccc2Cl)CC1)C1CCCCC1. The number of hydrogen-bond donors (Lipinski definition) is 1. The monoisotopic (exact) mass is 396 g/mol. The molecule has 1 N–H and O–H groups in total. The lowest BCUT2D eigenvalue weighted by Gasteiger charge is -2.33. The van der Waals surface area contributed by atoms with Crippen LogP contribution in [0.1, 0.15) is 50.5 Å². The molecule has 0 spiro atoms. The van der Waals surface area contributed by atoms with Crippen molar-refractivity contribution in [2.24, 2.45) is 5.92 Å². The Balaban J connectivity index is 1.47. The second-order valence-electron chi connectivity index (χ2n) is 7.38. The number of rotatable bonds is 4. The van der Waals surface area contributed by atoms with Crippen molar-refractivity contribution in [2.45, 2.75) is 57.4 Å². The van der Waals surface area contributed by atoms with E-state index in [1.54, 1.807) is 18.2 Å². The molecule has 2 fully saturated rings. The number of halogens is 2. The summed E-state index contributed by atoms with van der Waals surface area (Å²) in [4.78, 5) is 26.8. The summed E-state index contributed by atoms with van der Waals surface area (Å²) in [6.45, 7) is 1.33. The molecule has 0 aromatic heterocycles. The molecule has 1 saturated carbocycles. The van der Waals surface area contributed by atoms with Gasteiger partial charge >= 0.3 is 0 Å². The van der Waals surface area contributed by atoms with Gasteiger partial charge < -0.3 is 10.2 Å². The lowest BCUT2D eigenvalue weighted by molar-refractivity contribution is -0.131. The number of benzene rings is 1. The minimum Gasteiger partial charge on any atom is -0.353 e. The molecule has 2 aliphatic rings. The molecule has 6 heteroatoms. The molecule has 1 aromatic rings. The summed E-state index contributed by atoms with van der Waals surface area (Å²) >= 11 is 12.3. The third kappa shape index (κ3) is 4.92. The number of nitrogens with zero attached hydrogens (tertiary/aromatic N) is 1. The molecule has 1 saturated heterocycles. The highest BCUT2D eigenvalue weighted by molar-refractivity contribution is 6.36. The van der Waals surface area contributed by atoms with E-state index in [1.807, 2.05) is 4.90 Å². The molecule has 1 heterocycles. The number of carbonyl (C=O) groups is 2. The average molecular weight is 397 g/mol. The van der Waals surface area contributed by atoms with Crippen LogP contribution in [0.3, 0.4) is 0 Å². The molecule has 0 bridgehead atoms. The van der Waals surface area contributed by atoms with Crippen molar-refractivity contribution in [3.05, 3.63) is 33.8 Å². The van der Waals surface area contributed by atoms with E-state index < -0.39 is 0 Å². The fourth-order valence-corrected chi connectivity index (χ4v) is 4.45. The molecular formula is C20H26Cl2N2O2. The first-order valence-electron chi connectivity index (χ1n) is 9.55. The fourth-order valence-electron chi connectivity index (χ4n) is 3.92. The lowest BCUT2D eigenvalue weighted by atomic mass is 9.88. The van der Waals surface area contributed by atoms with Crippen molar-refractivity contribution in [1.29, 1.82) is 0 Å². The second kappa shape index (κ2) is 9.09. The molecule has 1 aliphatic carbocycles. The van der Waals surface area contributed by atoms with Gasteiger partial charge in [0.1, 0.15) is 0 Å².